The van der Waals surface area contributed by atoms with Crippen LogP contribution in [0.15, 0.2) is 30.3 Å². The zero-order valence-electron chi connectivity index (χ0n) is 9.80. The standard InChI is InChI=1S/C12H14N4OS/c13-10(17)7-4-8-16-11(14-15-12(16)18)9-5-2-1-3-6-9/h1-3,5-6H,4,7-8H2,(H2,13,17)(H,15,18). The Hall–Kier alpha value is -1.95. The van der Waals surface area contributed by atoms with Gasteiger partial charge in [-0.1, -0.05) is 30.3 Å². The van der Waals surface area contributed by atoms with Crippen molar-refractivity contribution < 1.29 is 4.79 Å². The lowest BCUT2D eigenvalue weighted by atomic mass is 10.2. The summed E-state index contributed by atoms with van der Waals surface area (Å²) in [7, 11) is 0. The molecule has 1 aromatic carbocycles. The number of hydrogen-bond acceptors (Lipinski definition) is 3. The van der Waals surface area contributed by atoms with E-state index < -0.39 is 0 Å². The van der Waals surface area contributed by atoms with E-state index in [-0.39, 0.29) is 5.91 Å². The Labute approximate surface area is 110 Å². The van der Waals surface area contributed by atoms with E-state index in [9.17, 15) is 4.79 Å². The maximum absolute atomic E-state index is 10.7. The van der Waals surface area contributed by atoms with E-state index >= 15 is 0 Å². The fourth-order valence-corrected chi connectivity index (χ4v) is 1.97. The molecule has 1 heterocycles. The topological polar surface area (TPSA) is 76.7 Å². The molecule has 18 heavy (non-hydrogen) atoms. The third kappa shape index (κ3) is 2.84. The van der Waals surface area contributed by atoms with E-state index in [0.717, 1.165) is 11.4 Å². The van der Waals surface area contributed by atoms with E-state index in [4.69, 9.17) is 18.0 Å². The van der Waals surface area contributed by atoms with Crippen LogP contribution in [0.3, 0.4) is 0 Å². The molecule has 0 atom stereocenters. The number of nitrogens with one attached hydrogen (secondary N) is 1. The molecule has 2 aromatic rings. The van der Waals surface area contributed by atoms with Crippen molar-refractivity contribution in [2.75, 3.05) is 0 Å². The van der Waals surface area contributed by atoms with Gasteiger partial charge in [-0.2, -0.15) is 5.10 Å². The Morgan fingerprint density at radius 3 is 2.78 bits per heavy atom. The van der Waals surface area contributed by atoms with E-state index in [1.807, 2.05) is 34.9 Å². The number of aromatic amines is 1. The van der Waals surface area contributed by atoms with Crippen molar-refractivity contribution >= 4 is 18.1 Å². The highest BCUT2D eigenvalue weighted by atomic mass is 32.1. The maximum atomic E-state index is 10.7. The Morgan fingerprint density at radius 1 is 1.39 bits per heavy atom. The number of primary amides is 1. The monoisotopic (exact) mass is 262 g/mol. The molecule has 0 aliphatic heterocycles. The third-order valence-corrected chi connectivity index (χ3v) is 2.91. The minimum Gasteiger partial charge on any atom is -0.370 e. The molecule has 0 spiro atoms. The van der Waals surface area contributed by atoms with Gasteiger partial charge in [-0.05, 0) is 18.6 Å². The van der Waals surface area contributed by atoms with Crippen molar-refractivity contribution in [2.24, 2.45) is 5.73 Å². The molecule has 94 valence electrons. The average molecular weight is 262 g/mol. The molecule has 0 aliphatic carbocycles. The summed E-state index contributed by atoms with van der Waals surface area (Å²) in [5.41, 5.74) is 6.11. The van der Waals surface area contributed by atoms with Gasteiger partial charge in [0.2, 0.25) is 5.91 Å². The van der Waals surface area contributed by atoms with Crippen LogP contribution in [0.1, 0.15) is 12.8 Å². The van der Waals surface area contributed by atoms with Gasteiger partial charge >= 0.3 is 0 Å². The lowest BCUT2D eigenvalue weighted by molar-refractivity contribution is -0.118. The molecule has 0 radical (unpaired) electrons. The summed E-state index contributed by atoms with van der Waals surface area (Å²) in [5, 5.41) is 6.99. The number of aromatic nitrogens is 3. The van der Waals surface area contributed by atoms with Crippen LogP contribution in [-0.2, 0) is 11.3 Å². The highest BCUT2D eigenvalue weighted by Gasteiger charge is 2.08. The third-order valence-electron chi connectivity index (χ3n) is 2.60. The number of H-pyrrole nitrogens is 1. The molecule has 0 fully saturated rings. The van der Waals surface area contributed by atoms with Crippen molar-refractivity contribution in [1.82, 2.24) is 14.8 Å². The Balaban J connectivity index is 2.22. The van der Waals surface area contributed by atoms with Crippen LogP contribution in [-0.4, -0.2) is 20.7 Å². The van der Waals surface area contributed by atoms with Crippen LogP contribution in [0.4, 0.5) is 0 Å². The number of nitrogens with two attached hydrogens (primary N) is 1. The van der Waals surface area contributed by atoms with Gasteiger partial charge in [0.05, 0.1) is 0 Å². The predicted molar refractivity (Wildman–Crippen MR) is 71.3 cm³/mol. The molecule has 0 bridgehead atoms. The van der Waals surface area contributed by atoms with Crippen LogP contribution < -0.4 is 5.73 Å². The van der Waals surface area contributed by atoms with Gasteiger partial charge in [-0.15, -0.1) is 0 Å². The molecular formula is C12H14N4OS. The molecule has 1 amide bonds. The summed E-state index contributed by atoms with van der Waals surface area (Å²) < 4.78 is 2.44. The first-order valence-corrected chi connectivity index (χ1v) is 6.08. The molecular weight excluding hydrogens is 248 g/mol. The molecule has 0 saturated carbocycles. The Kier molecular flexibility index (Phi) is 3.88. The second-order valence-corrected chi connectivity index (χ2v) is 4.33. The molecule has 1 aromatic heterocycles. The van der Waals surface area contributed by atoms with Crippen LogP contribution in [0.5, 0.6) is 0 Å². The maximum Gasteiger partial charge on any atom is 0.217 e. The Bertz CT molecular complexity index is 588. The predicted octanol–water partition coefficient (Wildman–Crippen LogP) is 1.87. The van der Waals surface area contributed by atoms with Gasteiger partial charge < -0.3 is 10.3 Å². The van der Waals surface area contributed by atoms with E-state index in [1.54, 1.807) is 0 Å². The van der Waals surface area contributed by atoms with E-state index in [1.165, 1.54) is 0 Å². The second-order valence-electron chi connectivity index (χ2n) is 3.94. The average Bonchev–Trinajstić information content (AvgIpc) is 2.72. The van der Waals surface area contributed by atoms with Gasteiger partial charge in [-0.3, -0.25) is 9.89 Å². The summed E-state index contributed by atoms with van der Waals surface area (Å²) in [4.78, 5) is 10.7. The zero-order valence-corrected chi connectivity index (χ0v) is 10.6. The van der Waals surface area contributed by atoms with Crippen LogP contribution in [0, 0.1) is 4.77 Å². The summed E-state index contributed by atoms with van der Waals surface area (Å²) in [6.45, 7) is 0.627. The van der Waals surface area contributed by atoms with Crippen molar-refractivity contribution in [1.29, 1.82) is 0 Å². The van der Waals surface area contributed by atoms with E-state index in [0.29, 0.717) is 24.2 Å². The number of carbonyl (C=O) groups excluding carboxylic acids is 1. The lowest BCUT2D eigenvalue weighted by Crippen LogP contribution is -2.11. The Morgan fingerprint density at radius 2 is 2.11 bits per heavy atom. The molecule has 0 aliphatic rings. The first-order chi connectivity index (χ1) is 8.68. The zero-order chi connectivity index (χ0) is 13.0. The van der Waals surface area contributed by atoms with Crippen molar-refractivity contribution in [3.8, 4) is 11.4 Å². The number of carbonyl (C=O) groups is 1. The quantitative estimate of drug-likeness (QED) is 0.808. The molecule has 6 heteroatoms. The van der Waals surface area contributed by atoms with Gasteiger partial charge in [0, 0.05) is 18.5 Å². The first kappa shape index (κ1) is 12.5. The number of benzene rings is 1. The van der Waals surface area contributed by atoms with Gasteiger partial charge in [0.15, 0.2) is 10.6 Å². The molecule has 3 N–H and O–H groups in total. The number of amides is 1. The highest BCUT2D eigenvalue weighted by Crippen LogP contribution is 2.17. The molecule has 2 rings (SSSR count). The second kappa shape index (κ2) is 5.59. The lowest BCUT2D eigenvalue weighted by Gasteiger charge is -2.05. The van der Waals surface area contributed by atoms with Crippen molar-refractivity contribution in [2.45, 2.75) is 19.4 Å². The van der Waals surface area contributed by atoms with Gasteiger partial charge in [0.1, 0.15) is 0 Å². The fraction of sp³-hybridized carbons (Fsp3) is 0.250. The smallest absolute Gasteiger partial charge is 0.217 e. The summed E-state index contributed by atoms with van der Waals surface area (Å²) in [5.74, 6) is 0.483. The summed E-state index contributed by atoms with van der Waals surface area (Å²) in [6.07, 6.45) is 1.00. The van der Waals surface area contributed by atoms with Crippen molar-refractivity contribution in [3.63, 3.8) is 0 Å². The van der Waals surface area contributed by atoms with Gasteiger partial charge in [-0.25, -0.2) is 0 Å². The fourth-order valence-electron chi connectivity index (χ4n) is 1.74. The van der Waals surface area contributed by atoms with Gasteiger partial charge in [0.25, 0.3) is 0 Å². The minimum absolute atomic E-state index is 0.300. The molecule has 0 unspecified atom stereocenters. The summed E-state index contributed by atoms with van der Waals surface area (Å²) in [6, 6.07) is 9.77. The van der Waals surface area contributed by atoms with E-state index in [2.05, 4.69) is 10.2 Å². The SMILES string of the molecule is NC(=O)CCCn1c(-c2ccccc2)n[nH]c1=S. The minimum atomic E-state index is -0.300. The van der Waals surface area contributed by atoms with Crippen LogP contribution in [0.25, 0.3) is 11.4 Å². The van der Waals surface area contributed by atoms with Crippen LogP contribution >= 0.6 is 12.2 Å². The van der Waals surface area contributed by atoms with Crippen molar-refractivity contribution in [3.05, 3.63) is 35.1 Å². The highest BCUT2D eigenvalue weighted by molar-refractivity contribution is 7.71. The largest absolute Gasteiger partial charge is 0.370 e. The molecule has 5 nitrogen and oxygen atoms in total. The normalized spacial score (nSPS) is 10.4. The first-order valence-electron chi connectivity index (χ1n) is 5.67. The molecule has 0 saturated heterocycles. The number of nitrogens with zero attached hydrogens (tertiary/aromatic N) is 2. The summed E-state index contributed by atoms with van der Waals surface area (Å²) >= 11 is 5.18. The van der Waals surface area contributed by atoms with Crippen LogP contribution in [0.2, 0.25) is 0 Å². The number of rotatable bonds is 5. The number of hydrogen-bond donors (Lipinski definition) is 2.